The third kappa shape index (κ3) is 2.66. The molecular formula is C13H16NORb. The van der Waals surface area contributed by atoms with Crippen LogP contribution in [-0.4, -0.2) is 5.91 Å². The van der Waals surface area contributed by atoms with E-state index in [1.807, 2.05) is 25.1 Å². The van der Waals surface area contributed by atoms with Crippen LogP contribution < -0.4 is 58.2 Å². The molecule has 0 aromatic heterocycles. The van der Waals surface area contributed by atoms with Crippen molar-refractivity contribution in [3.63, 3.8) is 0 Å². The molecule has 0 saturated carbocycles. The average Bonchev–Trinajstić information content (AvgIpc) is 2.32. The summed E-state index contributed by atoms with van der Waals surface area (Å²) in [5.41, 5.74) is 2.05. The van der Waals surface area contributed by atoms with Gasteiger partial charge >= 0.3 is 58.2 Å². The summed E-state index contributed by atoms with van der Waals surface area (Å²) in [5.74, 6) is 0.781. The quantitative estimate of drug-likeness (QED) is 0.688. The third-order valence-corrected chi connectivity index (χ3v) is 3.62. The van der Waals surface area contributed by atoms with Crippen LogP contribution in [0.5, 0.6) is 0 Å². The fraction of sp³-hybridized carbons (Fsp3) is 0.462. The molecule has 0 radical (unpaired) electrons. The van der Waals surface area contributed by atoms with Gasteiger partial charge in [-0.25, -0.2) is 0 Å². The molecule has 1 aliphatic heterocycles. The predicted molar refractivity (Wildman–Crippen MR) is 61.2 cm³/mol. The van der Waals surface area contributed by atoms with Crippen molar-refractivity contribution < 1.29 is 63.0 Å². The van der Waals surface area contributed by atoms with E-state index in [1.165, 1.54) is 5.56 Å². The number of amides is 1. The number of hydrogen-bond acceptors (Lipinski definition) is 1. The second kappa shape index (κ2) is 5.90. The summed E-state index contributed by atoms with van der Waals surface area (Å²) >= 11 is 0. The van der Waals surface area contributed by atoms with Crippen LogP contribution in [0.25, 0.3) is 5.32 Å². The van der Waals surface area contributed by atoms with Crippen LogP contribution in [-0.2, 0) is 4.79 Å². The van der Waals surface area contributed by atoms with Gasteiger partial charge in [0.25, 0.3) is 0 Å². The molecule has 16 heavy (non-hydrogen) atoms. The van der Waals surface area contributed by atoms with Gasteiger partial charge in [-0.2, -0.15) is 0 Å². The molecule has 0 N–H and O–H groups in total. The molecule has 0 aliphatic carbocycles. The molecule has 1 aromatic carbocycles. The van der Waals surface area contributed by atoms with Crippen molar-refractivity contribution in [2.24, 2.45) is 11.8 Å². The number of carbonyl (C=O) groups is 1. The Kier molecular flexibility index (Phi) is 5.37. The van der Waals surface area contributed by atoms with E-state index in [0.717, 1.165) is 5.69 Å². The SMILES string of the molecule is CC1C(=O)[N-]c2ccccc2C(C)C1C.[Rb+]. The van der Waals surface area contributed by atoms with Gasteiger partial charge in [0.05, 0.1) is 5.91 Å². The topological polar surface area (TPSA) is 31.2 Å². The largest absolute Gasteiger partial charge is 1.00 e. The van der Waals surface area contributed by atoms with Crippen LogP contribution in [0.1, 0.15) is 32.3 Å². The minimum atomic E-state index is 0. The Morgan fingerprint density at radius 2 is 1.69 bits per heavy atom. The molecule has 0 fully saturated rings. The van der Waals surface area contributed by atoms with Crippen LogP contribution in [0.2, 0.25) is 0 Å². The zero-order valence-electron chi connectivity index (χ0n) is 10.4. The summed E-state index contributed by atoms with van der Waals surface area (Å²) in [6.07, 6.45) is 0. The van der Waals surface area contributed by atoms with Crippen molar-refractivity contribution in [3.05, 3.63) is 35.1 Å². The van der Waals surface area contributed by atoms with Crippen LogP contribution in [0.4, 0.5) is 5.69 Å². The Morgan fingerprint density at radius 3 is 2.38 bits per heavy atom. The van der Waals surface area contributed by atoms with Crippen molar-refractivity contribution >= 4 is 11.6 Å². The van der Waals surface area contributed by atoms with Crippen molar-refractivity contribution in [2.45, 2.75) is 26.7 Å². The molecule has 3 heteroatoms. The summed E-state index contributed by atoms with van der Waals surface area (Å²) in [4.78, 5) is 11.8. The van der Waals surface area contributed by atoms with Gasteiger partial charge in [-0.1, -0.05) is 50.6 Å². The first-order chi connectivity index (χ1) is 7.11. The van der Waals surface area contributed by atoms with Crippen molar-refractivity contribution in [2.75, 3.05) is 0 Å². The number of carbonyl (C=O) groups excluding carboxylic acids is 1. The van der Waals surface area contributed by atoms with Crippen LogP contribution >= 0.6 is 0 Å². The van der Waals surface area contributed by atoms with E-state index >= 15 is 0 Å². The second-order valence-electron chi connectivity index (χ2n) is 4.45. The number of rotatable bonds is 0. The third-order valence-electron chi connectivity index (χ3n) is 3.62. The summed E-state index contributed by atoms with van der Waals surface area (Å²) < 4.78 is 0. The Morgan fingerprint density at radius 1 is 1.06 bits per heavy atom. The number of benzene rings is 1. The maximum absolute atomic E-state index is 11.8. The zero-order chi connectivity index (χ0) is 11.0. The van der Waals surface area contributed by atoms with E-state index < -0.39 is 0 Å². The Hall–Kier alpha value is 0.495. The van der Waals surface area contributed by atoms with Crippen LogP contribution in [0.3, 0.4) is 0 Å². The number of hydrogen-bond donors (Lipinski definition) is 0. The van der Waals surface area contributed by atoms with Gasteiger partial charge in [0, 0.05) is 5.92 Å². The van der Waals surface area contributed by atoms with Gasteiger partial charge < -0.3 is 10.1 Å². The van der Waals surface area contributed by atoms with Crippen molar-refractivity contribution in [3.8, 4) is 0 Å². The molecule has 1 amide bonds. The van der Waals surface area contributed by atoms with E-state index in [2.05, 4.69) is 25.2 Å². The number of para-hydroxylation sites is 1. The molecule has 1 aliphatic rings. The molecule has 0 saturated heterocycles. The first-order valence-electron chi connectivity index (χ1n) is 5.45. The molecule has 2 nitrogen and oxygen atoms in total. The van der Waals surface area contributed by atoms with Gasteiger partial charge in [-0.05, 0) is 11.8 Å². The molecule has 3 unspecified atom stereocenters. The summed E-state index contributed by atoms with van der Waals surface area (Å²) in [6, 6.07) is 7.95. The molecule has 1 aromatic rings. The Balaban J connectivity index is 0.00000128. The minimum Gasteiger partial charge on any atom is -0.626 e. The maximum atomic E-state index is 11.8. The van der Waals surface area contributed by atoms with Crippen LogP contribution in [0, 0.1) is 11.8 Å². The Bertz CT molecular complexity index is 391. The molecule has 80 valence electrons. The van der Waals surface area contributed by atoms with E-state index in [0.29, 0.717) is 11.8 Å². The molecule has 0 spiro atoms. The molecule has 1 heterocycles. The second-order valence-corrected chi connectivity index (χ2v) is 4.45. The number of nitrogens with zero attached hydrogens (tertiary/aromatic N) is 1. The zero-order valence-corrected chi connectivity index (χ0v) is 15.3. The smallest absolute Gasteiger partial charge is 0.626 e. The van der Waals surface area contributed by atoms with Gasteiger partial charge in [-0.15, -0.1) is 5.69 Å². The fourth-order valence-corrected chi connectivity index (χ4v) is 2.14. The first-order valence-corrected chi connectivity index (χ1v) is 5.45. The van der Waals surface area contributed by atoms with Gasteiger partial charge in [0.2, 0.25) is 0 Å². The van der Waals surface area contributed by atoms with Crippen molar-refractivity contribution in [1.29, 1.82) is 0 Å². The van der Waals surface area contributed by atoms with Gasteiger partial charge in [-0.3, -0.25) is 0 Å². The Labute approximate surface area is 146 Å². The minimum absolute atomic E-state index is 0. The monoisotopic (exact) mass is 287 g/mol. The van der Waals surface area contributed by atoms with Gasteiger partial charge in [0.15, 0.2) is 0 Å². The van der Waals surface area contributed by atoms with Crippen LogP contribution in [0.15, 0.2) is 24.3 Å². The molecule has 0 bridgehead atoms. The molecule has 2 rings (SSSR count). The first kappa shape index (κ1) is 14.6. The summed E-state index contributed by atoms with van der Waals surface area (Å²) in [5, 5.41) is 4.18. The van der Waals surface area contributed by atoms with Crippen molar-refractivity contribution in [1.82, 2.24) is 0 Å². The average molecular weight is 288 g/mol. The van der Waals surface area contributed by atoms with E-state index in [4.69, 9.17) is 0 Å². The molecular weight excluding hydrogens is 272 g/mol. The summed E-state index contributed by atoms with van der Waals surface area (Å²) in [6.45, 7) is 6.28. The van der Waals surface area contributed by atoms with E-state index in [9.17, 15) is 4.79 Å². The van der Waals surface area contributed by atoms with E-state index in [-0.39, 0.29) is 70.0 Å². The fourth-order valence-electron chi connectivity index (χ4n) is 2.14. The summed E-state index contributed by atoms with van der Waals surface area (Å²) in [7, 11) is 0. The number of fused-ring (bicyclic) bond motifs is 1. The predicted octanol–water partition coefficient (Wildman–Crippen LogP) is 0.612. The maximum Gasteiger partial charge on any atom is 1.00 e. The molecule has 3 atom stereocenters. The standard InChI is InChI=1S/C13H17NO.Rb/c1-8-9(2)11-6-4-5-7-12(11)14-13(15)10(8)3;/h4-10H,1-3H3,(H,14,15);/q;+1/p-1. The normalized spacial score (nSPS) is 28.4. The van der Waals surface area contributed by atoms with E-state index in [1.54, 1.807) is 0 Å². The van der Waals surface area contributed by atoms with Gasteiger partial charge in [0.1, 0.15) is 0 Å².